The van der Waals surface area contributed by atoms with Crippen LogP contribution in [-0.2, 0) is 9.53 Å². The SMILES string of the molecule is Cc1cc(-c2cnc3c(n2)N(CC2CCOCC2)C(=O)CN3)cc(N)c1N. The van der Waals surface area contributed by atoms with Crippen molar-refractivity contribution in [3.63, 3.8) is 0 Å². The topological polar surface area (TPSA) is 119 Å². The fourth-order valence-electron chi connectivity index (χ4n) is 3.55. The monoisotopic (exact) mass is 368 g/mol. The van der Waals surface area contributed by atoms with Crippen LogP contribution in [0.15, 0.2) is 18.3 Å². The summed E-state index contributed by atoms with van der Waals surface area (Å²) in [6, 6.07) is 3.72. The molecule has 0 atom stereocenters. The third kappa shape index (κ3) is 3.40. The summed E-state index contributed by atoms with van der Waals surface area (Å²) in [6.45, 7) is 4.26. The van der Waals surface area contributed by atoms with Crippen molar-refractivity contribution in [2.75, 3.05) is 48.0 Å². The molecule has 3 heterocycles. The van der Waals surface area contributed by atoms with Gasteiger partial charge in [-0.2, -0.15) is 0 Å². The van der Waals surface area contributed by atoms with Crippen molar-refractivity contribution in [2.24, 2.45) is 5.92 Å². The highest BCUT2D eigenvalue weighted by atomic mass is 16.5. The lowest BCUT2D eigenvalue weighted by atomic mass is 9.99. The number of nitrogens with two attached hydrogens (primary N) is 2. The maximum absolute atomic E-state index is 12.6. The minimum Gasteiger partial charge on any atom is -0.397 e. The highest BCUT2D eigenvalue weighted by molar-refractivity contribution is 6.01. The zero-order valence-corrected chi connectivity index (χ0v) is 15.4. The molecule has 27 heavy (non-hydrogen) atoms. The molecule has 8 nitrogen and oxygen atoms in total. The van der Waals surface area contributed by atoms with E-state index >= 15 is 0 Å². The van der Waals surface area contributed by atoms with Crippen LogP contribution >= 0.6 is 0 Å². The Hall–Kier alpha value is -2.87. The van der Waals surface area contributed by atoms with Gasteiger partial charge in [-0.1, -0.05) is 0 Å². The number of carbonyl (C=O) groups excluding carboxylic acids is 1. The minimum atomic E-state index is 0.00782. The predicted octanol–water partition coefficient (Wildman–Crippen LogP) is 1.80. The molecule has 5 N–H and O–H groups in total. The summed E-state index contributed by atoms with van der Waals surface area (Å²) in [5.74, 6) is 1.62. The Morgan fingerprint density at radius 2 is 2.07 bits per heavy atom. The predicted molar refractivity (Wildman–Crippen MR) is 105 cm³/mol. The van der Waals surface area contributed by atoms with Gasteiger partial charge in [0.1, 0.15) is 0 Å². The number of nitrogens with zero attached hydrogens (tertiary/aromatic N) is 3. The first-order valence-electron chi connectivity index (χ1n) is 9.18. The number of rotatable bonds is 3. The van der Waals surface area contributed by atoms with E-state index in [2.05, 4.69) is 10.3 Å². The third-order valence-electron chi connectivity index (χ3n) is 5.21. The molecule has 1 aromatic carbocycles. The second-order valence-electron chi connectivity index (χ2n) is 7.14. The number of hydrogen-bond donors (Lipinski definition) is 3. The molecule has 0 spiro atoms. The van der Waals surface area contributed by atoms with E-state index in [1.54, 1.807) is 17.2 Å². The normalized spacial score (nSPS) is 17.5. The van der Waals surface area contributed by atoms with E-state index < -0.39 is 0 Å². The molecule has 0 aliphatic carbocycles. The minimum absolute atomic E-state index is 0.00782. The maximum atomic E-state index is 12.6. The molecule has 2 aliphatic heterocycles. The molecule has 1 saturated heterocycles. The van der Waals surface area contributed by atoms with Crippen LogP contribution in [0.2, 0.25) is 0 Å². The molecule has 1 aromatic heterocycles. The molecule has 142 valence electrons. The molecule has 0 unspecified atom stereocenters. The van der Waals surface area contributed by atoms with Gasteiger partial charge in [0.05, 0.1) is 29.8 Å². The summed E-state index contributed by atoms with van der Waals surface area (Å²) in [5.41, 5.74) is 15.4. The summed E-state index contributed by atoms with van der Waals surface area (Å²) in [4.78, 5) is 23.6. The number of anilines is 4. The number of ether oxygens (including phenoxy) is 1. The van der Waals surface area contributed by atoms with Crippen molar-refractivity contribution < 1.29 is 9.53 Å². The van der Waals surface area contributed by atoms with Crippen LogP contribution < -0.4 is 21.7 Å². The van der Waals surface area contributed by atoms with Crippen LogP contribution in [0, 0.1) is 12.8 Å². The summed E-state index contributed by atoms with van der Waals surface area (Å²) in [5, 5.41) is 3.06. The number of nitrogen functional groups attached to an aromatic ring is 2. The number of nitrogens with one attached hydrogen (secondary N) is 1. The first-order chi connectivity index (χ1) is 13.0. The van der Waals surface area contributed by atoms with Gasteiger partial charge < -0.3 is 21.5 Å². The molecular formula is C19H24N6O2. The molecule has 0 saturated carbocycles. The average Bonchev–Trinajstić information content (AvgIpc) is 2.68. The van der Waals surface area contributed by atoms with Gasteiger partial charge in [0.15, 0.2) is 11.6 Å². The highest BCUT2D eigenvalue weighted by Crippen LogP contribution is 2.32. The number of carbonyl (C=O) groups is 1. The van der Waals surface area contributed by atoms with Crippen molar-refractivity contribution in [1.82, 2.24) is 9.97 Å². The van der Waals surface area contributed by atoms with Crippen LogP contribution in [0.25, 0.3) is 11.3 Å². The van der Waals surface area contributed by atoms with Crippen LogP contribution in [0.3, 0.4) is 0 Å². The van der Waals surface area contributed by atoms with Gasteiger partial charge in [0.2, 0.25) is 5.91 Å². The molecule has 0 radical (unpaired) electrons. The fourth-order valence-corrected chi connectivity index (χ4v) is 3.55. The highest BCUT2D eigenvalue weighted by Gasteiger charge is 2.29. The molecule has 1 fully saturated rings. The third-order valence-corrected chi connectivity index (χ3v) is 5.21. The lowest BCUT2D eigenvalue weighted by molar-refractivity contribution is -0.117. The quantitative estimate of drug-likeness (QED) is 0.707. The summed E-state index contributed by atoms with van der Waals surface area (Å²) < 4.78 is 5.43. The molecule has 4 rings (SSSR count). The maximum Gasteiger partial charge on any atom is 0.247 e. The Morgan fingerprint density at radius 3 is 2.81 bits per heavy atom. The van der Waals surface area contributed by atoms with Crippen LogP contribution in [0.5, 0.6) is 0 Å². The molecule has 8 heteroatoms. The Bertz CT molecular complexity index is 855. The Balaban J connectivity index is 1.69. The number of fused-ring (bicyclic) bond motifs is 1. The summed E-state index contributed by atoms with van der Waals surface area (Å²) in [7, 11) is 0. The zero-order chi connectivity index (χ0) is 19.0. The smallest absolute Gasteiger partial charge is 0.247 e. The lowest BCUT2D eigenvalue weighted by Crippen LogP contribution is -2.44. The fraction of sp³-hybridized carbons (Fsp3) is 0.421. The Morgan fingerprint density at radius 1 is 1.30 bits per heavy atom. The molecule has 1 amide bonds. The van der Waals surface area contributed by atoms with Gasteiger partial charge >= 0.3 is 0 Å². The van der Waals surface area contributed by atoms with E-state index in [1.807, 2.05) is 13.0 Å². The van der Waals surface area contributed by atoms with E-state index in [0.29, 0.717) is 41.2 Å². The van der Waals surface area contributed by atoms with E-state index in [9.17, 15) is 4.79 Å². The van der Waals surface area contributed by atoms with E-state index in [-0.39, 0.29) is 12.5 Å². The van der Waals surface area contributed by atoms with Crippen molar-refractivity contribution in [3.05, 3.63) is 23.9 Å². The lowest BCUT2D eigenvalue weighted by Gasteiger charge is -2.33. The summed E-state index contributed by atoms with van der Waals surface area (Å²) in [6.07, 6.45) is 3.60. The van der Waals surface area contributed by atoms with Crippen LogP contribution in [-0.4, -0.2) is 42.2 Å². The van der Waals surface area contributed by atoms with E-state index in [1.165, 1.54) is 0 Å². The number of amides is 1. The zero-order valence-electron chi connectivity index (χ0n) is 15.4. The molecule has 0 bridgehead atoms. The van der Waals surface area contributed by atoms with E-state index in [0.717, 1.165) is 37.2 Å². The number of benzene rings is 1. The van der Waals surface area contributed by atoms with Crippen molar-refractivity contribution in [3.8, 4) is 11.3 Å². The van der Waals surface area contributed by atoms with Gasteiger partial charge in [0, 0.05) is 25.3 Å². The summed E-state index contributed by atoms with van der Waals surface area (Å²) >= 11 is 0. The van der Waals surface area contributed by atoms with Gasteiger partial charge in [-0.25, -0.2) is 9.97 Å². The van der Waals surface area contributed by atoms with Gasteiger partial charge in [-0.05, 0) is 43.4 Å². The standard InChI is InChI=1S/C19H24N6O2/c1-11-6-13(7-14(20)17(11)21)15-8-22-18-19(24-15)25(16(26)9-23-18)10-12-2-4-27-5-3-12/h6-8,12H,2-5,9-10,20-21H2,1H3,(H,22,23). The average molecular weight is 368 g/mol. The van der Waals surface area contributed by atoms with Gasteiger partial charge in [0.25, 0.3) is 0 Å². The van der Waals surface area contributed by atoms with E-state index in [4.69, 9.17) is 21.2 Å². The van der Waals surface area contributed by atoms with Crippen molar-refractivity contribution in [2.45, 2.75) is 19.8 Å². The van der Waals surface area contributed by atoms with Gasteiger partial charge in [-0.15, -0.1) is 0 Å². The molecule has 2 aliphatic rings. The van der Waals surface area contributed by atoms with Gasteiger partial charge in [-0.3, -0.25) is 9.69 Å². The second kappa shape index (κ2) is 7.03. The van der Waals surface area contributed by atoms with Crippen LogP contribution in [0.1, 0.15) is 18.4 Å². The number of aryl methyl sites for hydroxylation is 1. The Labute approximate surface area is 157 Å². The second-order valence-corrected chi connectivity index (χ2v) is 7.14. The van der Waals surface area contributed by atoms with Crippen molar-refractivity contribution in [1.29, 1.82) is 0 Å². The number of hydrogen-bond acceptors (Lipinski definition) is 7. The molecular weight excluding hydrogens is 344 g/mol. The largest absolute Gasteiger partial charge is 0.397 e. The van der Waals surface area contributed by atoms with Crippen LogP contribution in [0.4, 0.5) is 23.0 Å². The van der Waals surface area contributed by atoms with Crippen molar-refractivity contribution >= 4 is 28.9 Å². The first-order valence-corrected chi connectivity index (χ1v) is 9.18. The number of aromatic nitrogens is 2. The molecule has 2 aromatic rings. The Kier molecular flexibility index (Phi) is 4.57. The first kappa shape index (κ1) is 17.5.